The topological polar surface area (TPSA) is 44.1 Å². The van der Waals surface area contributed by atoms with Gasteiger partial charge < -0.3 is 4.90 Å². The van der Waals surface area contributed by atoms with Crippen LogP contribution in [0, 0.1) is 11.3 Å². The van der Waals surface area contributed by atoms with Gasteiger partial charge in [0.15, 0.2) is 0 Å². The van der Waals surface area contributed by atoms with Crippen LogP contribution in [0.15, 0.2) is 16.8 Å². The molecule has 1 aromatic rings. The van der Waals surface area contributed by atoms with E-state index in [9.17, 15) is 4.79 Å². The Kier molecular flexibility index (Phi) is 3.47. The van der Waals surface area contributed by atoms with Crippen molar-refractivity contribution in [2.45, 2.75) is 6.42 Å². The van der Waals surface area contributed by atoms with E-state index < -0.39 is 0 Å². The van der Waals surface area contributed by atoms with Crippen LogP contribution in [0.2, 0.25) is 0 Å². The van der Waals surface area contributed by atoms with Gasteiger partial charge in [-0.1, -0.05) is 0 Å². The van der Waals surface area contributed by atoms with Gasteiger partial charge in [-0.2, -0.15) is 16.6 Å². The van der Waals surface area contributed by atoms with Crippen LogP contribution in [0.25, 0.3) is 0 Å². The summed E-state index contributed by atoms with van der Waals surface area (Å²) in [5.41, 5.74) is 0.699. The van der Waals surface area contributed by atoms with Crippen molar-refractivity contribution in [3.63, 3.8) is 0 Å². The minimum absolute atomic E-state index is 0.0171. The van der Waals surface area contributed by atoms with Gasteiger partial charge in [-0.15, -0.1) is 0 Å². The molecule has 0 saturated heterocycles. The summed E-state index contributed by atoms with van der Waals surface area (Å²) in [5.74, 6) is -0.0171. The van der Waals surface area contributed by atoms with E-state index in [2.05, 4.69) is 0 Å². The molecular weight excluding hydrogens is 184 g/mol. The minimum Gasteiger partial charge on any atom is -0.341 e. The van der Waals surface area contributed by atoms with Gasteiger partial charge >= 0.3 is 0 Å². The summed E-state index contributed by atoms with van der Waals surface area (Å²) >= 11 is 1.50. The lowest BCUT2D eigenvalue weighted by atomic mass is 10.3. The molecule has 0 aliphatic carbocycles. The van der Waals surface area contributed by atoms with E-state index in [4.69, 9.17) is 5.26 Å². The second kappa shape index (κ2) is 4.63. The summed E-state index contributed by atoms with van der Waals surface area (Å²) in [4.78, 5) is 13.1. The Morgan fingerprint density at radius 2 is 2.54 bits per heavy atom. The number of nitrogens with zero attached hydrogens (tertiary/aromatic N) is 2. The van der Waals surface area contributed by atoms with Gasteiger partial charge in [-0.25, -0.2) is 0 Å². The van der Waals surface area contributed by atoms with Gasteiger partial charge in [0, 0.05) is 19.0 Å². The highest BCUT2D eigenvalue weighted by molar-refractivity contribution is 7.08. The smallest absolute Gasteiger partial charge is 0.254 e. The van der Waals surface area contributed by atoms with Crippen molar-refractivity contribution in [2.75, 3.05) is 13.6 Å². The number of hydrogen-bond donors (Lipinski definition) is 0. The fourth-order valence-corrected chi connectivity index (χ4v) is 1.56. The molecule has 68 valence electrons. The zero-order valence-electron chi connectivity index (χ0n) is 7.36. The van der Waals surface area contributed by atoms with Crippen LogP contribution >= 0.6 is 11.3 Å². The molecule has 0 aliphatic rings. The maximum atomic E-state index is 11.5. The van der Waals surface area contributed by atoms with Crippen molar-refractivity contribution in [2.24, 2.45) is 0 Å². The standard InChI is InChI=1S/C9H10N2OS/c1-11(5-2-4-10)9(12)8-3-6-13-7-8/h3,6-7H,2,5H2,1H3. The summed E-state index contributed by atoms with van der Waals surface area (Å²) in [5, 5.41) is 12.0. The molecule has 4 heteroatoms. The normalized spacial score (nSPS) is 9.23. The van der Waals surface area contributed by atoms with Crippen LogP contribution in [0.1, 0.15) is 16.8 Å². The molecule has 3 nitrogen and oxygen atoms in total. The van der Waals surface area contributed by atoms with E-state index in [0.29, 0.717) is 18.5 Å². The molecule has 0 unspecified atom stereocenters. The average Bonchev–Trinajstić information content (AvgIpc) is 2.65. The highest BCUT2D eigenvalue weighted by atomic mass is 32.1. The fraction of sp³-hybridized carbons (Fsp3) is 0.333. The lowest BCUT2D eigenvalue weighted by Gasteiger charge is -2.13. The second-order valence-electron chi connectivity index (χ2n) is 2.65. The molecule has 1 aromatic heterocycles. The highest BCUT2D eigenvalue weighted by Gasteiger charge is 2.10. The van der Waals surface area contributed by atoms with Crippen LogP contribution in [-0.2, 0) is 0 Å². The number of nitriles is 1. The molecule has 0 bridgehead atoms. The van der Waals surface area contributed by atoms with Gasteiger partial charge in [-0.3, -0.25) is 4.79 Å². The van der Waals surface area contributed by atoms with Gasteiger partial charge in [-0.05, 0) is 11.4 Å². The number of carbonyl (C=O) groups is 1. The summed E-state index contributed by atoms with van der Waals surface area (Å²) in [6.07, 6.45) is 0.381. The maximum Gasteiger partial charge on any atom is 0.254 e. The summed E-state index contributed by atoms with van der Waals surface area (Å²) in [6, 6.07) is 3.80. The SMILES string of the molecule is CN(CCC#N)C(=O)c1ccsc1. The average molecular weight is 194 g/mol. The molecule has 0 radical (unpaired) electrons. The number of rotatable bonds is 3. The van der Waals surface area contributed by atoms with Crippen LogP contribution in [0.3, 0.4) is 0 Å². The zero-order chi connectivity index (χ0) is 9.68. The molecule has 0 atom stereocenters. The molecule has 0 saturated carbocycles. The first-order valence-corrected chi connectivity index (χ1v) is 4.84. The van der Waals surface area contributed by atoms with E-state index >= 15 is 0 Å². The van der Waals surface area contributed by atoms with Crippen molar-refractivity contribution in [1.29, 1.82) is 5.26 Å². The molecule has 1 rings (SSSR count). The quantitative estimate of drug-likeness (QED) is 0.735. The Labute approximate surface area is 81.2 Å². The van der Waals surface area contributed by atoms with E-state index in [1.807, 2.05) is 16.8 Å². The number of hydrogen-bond acceptors (Lipinski definition) is 3. The first kappa shape index (κ1) is 9.75. The summed E-state index contributed by atoms with van der Waals surface area (Å²) in [7, 11) is 1.71. The van der Waals surface area contributed by atoms with Crippen LogP contribution < -0.4 is 0 Å². The van der Waals surface area contributed by atoms with Crippen molar-refractivity contribution in [1.82, 2.24) is 4.90 Å². The Hall–Kier alpha value is -1.34. The molecule has 0 aromatic carbocycles. The van der Waals surface area contributed by atoms with Gasteiger partial charge in [0.25, 0.3) is 5.91 Å². The van der Waals surface area contributed by atoms with Crippen LogP contribution in [0.4, 0.5) is 0 Å². The highest BCUT2D eigenvalue weighted by Crippen LogP contribution is 2.08. The Morgan fingerprint density at radius 3 is 3.08 bits per heavy atom. The number of carbonyl (C=O) groups excluding carboxylic acids is 1. The molecule has 0 aliphatic heterocycles. The van der Waals surface area contributed by atoms with Crippen molar-refractivity contribution < 1.29 is 4.79 Å². The number of amides is 1. The lowest BCUT2D eigenvalue weighted by molar-refractivity contribution is 0.0798. The molecule has 0 N–H and O–H groups in total. The van der Waals surface area contributed by atoms with E-state index in [1.165, 1.54) is 11.3 Å². The molecule has 0 fully saturated rings. The predicted octanol–water partition coefficient (Wildman–Crippen LogP) is 1.73. The van der Waals surface area contributed by atoms with E-state index in [1.54, 1.807) is 18.0 Å². The Bertz CT molecular complexity index is 313. The Morgan fingerprint density at radius 1 is 1.77 bits per heavy atom. The molecule has 0 spiro atoms. The van der Waals surface area contributed by atoms with Crippen molar-refractivity contribution in [3.8, 4) is 6.07 Å². The molecule has 1 amide bonds. The third-order valence-electron chi connectivity index (χ3n) is 1.67. The molecular formula is C9H10N2OS. The van der Waals surface area contributed by atoms with Gasteiger partial charge in [0.05, 0.1) is 18.1 Å². The van der Waals surface area contributed by atoms with Crippen LogP contribution in [-0.4, -0.2) is 24.4 Å². The van der Waals surface area contributed by atoms with Gasteiger partial charge in [0.1, 0.15) is 0 Å². The van der Waals surface area contributed by atoms with Crippen molar-refractivity contribution >= 4 is 17.2 Å². The van der Waals surface area contributed by atoms with E-state index in [0.717, 1.165) is 0 Å². The minimum atomic E-state index is -0.0171. The second-order valence-corrected chi connectivity index (χ2v) is 3.43. The molecule has 1 heterocycles. The largest absolute Gasteiger partial charge is 0.341 e. The predicted molar refractivity (Wildman–Crippen MR) is 51.5 cm³/mol. The zero-order valence-corrected chi connectivity index (χ0v) is 8.17. The van der Waals surface area contributed by atoms with E-state index in [-0.39, 0.29) is 5.91 Å². The van der Waals surface area contributed by atoms with Gasteiger partial charge in [0.2, 0.25) is 0 Å². The van der Waals surface area contributed by atoms with Crippen LogP contribution in [0.5, 0.6) is 0 Å². The third-order valence-corrected chi connectivity index (χ3v) is 2.36. The Balaban J connectivity index is 2.54. The first-order chi connectivity index (χ1) is 6.25. The fourth-order valence-electron chi connectivity index (χ4n) is 0.926. The third kappa shape index (κ3) is 2.56. The van der Waals surface area contributed by atoms with Crippen molar-refractivity contribution in [3.05, 3.63) is 22.4 Å². The summed E-state index contributed by atoms with van der Waals surface area (Å²) in [6.45, 7) is 0.491. The molecule has 13 heavy (non-hydrogen) atoms. The number of thiophene rings is 1. The summed E-state index contributed by atoms with van der Waals surface area (Å²) < 4.78 is 0. The monoisotopic (exact) mass is 194 g/mol. The lowest BCUT2D eigenvalue weighted by Crippen LogP contribution is -2.27. The first-order valence-electron chi connectivity index (χ1n) is 3.90. The maximum absolute atomic E-state index is 11.5.